The predicted molar refractivity (Wildman–Crippen MR) is 141 cm³/mol. The number of carbonyl (C=O) groups is 1. The van der Waals surface area contributed by atoms with E-state index in [0.29, 0.717) is 5.75 Å². The first-order valence-electron chi connectivity index (χ1n) is 10.6. The Morgan fingerprint density at radius 1 is 1.06 bits per heavy atom. The predicted octanol–water partition coefficient (Wildman–Crippen LogP) is 5.50. The number of halogens is 2. The number of hydrogen-bond acceptors (Lipinski definition) is 5. The normalized spacial score (nSPS) is 12.1. The summed E-state index contributed by atoms with van der Waals surface area (Å²) >= 11 is 9.72. The number of nitrogens with zero attached hydrogens (tertiary/aromatic N) is 1. The molecule has 3 aromatic rings. The number of hydrogen-bond donors (Lipinski definition) is 1. The minimum atomic E-state index is -4.22. The molecular weight excluding hydrogens is 556 g/mol. The molecule has 0 radical (unpaired) electrons. The molecule has 0 spiro atoms. The Balaban J connectivity index is 2.01. The van der Waals surface area contributed by atoms with Crippen molar-refractivity contribution in [3.63, 3.8) is 0 Å². The Morgan fingerprint density at radius 2 is 1.74 bits per heavy atom. The third-order valence-corrected chi connectivity index (χ3v) is 7.91. The highest BCUT2D eigenvalue weighted by Gasteiger charge is 2.31. The average Bonchev–Trinajstić information content (AvgIpc) is 2.82. The van der Waals surface area contributed by atoms with Gasteiger partial charge in [0.2, 0.25) is 5.91 Å². The van der Waals surface area contributed by atoms with Crippen molar-refractivity contribution in [1.29, 1.82) is 0 Å². The molecule has 3 aromatic carbocycles. The van der Waals surface area contributed by atoms with E-state index >= 15 is 0 Å². The van der Waals surface area contributed by atoms with Gasteiger partial charge in [0.15, 0.2) is 0 Å². The van der Waals surface area contributed by atoms with Crippen LogP contribution in [0, 0.1) is 6.92 Å². The Morgan fingerprint density at radius 3 is 2.37 bits per heavy atom. The second-order valence-electron chi connectivity index (χ2n) is 7.83. The maximum atomic E-state index is 13.9. The van der Waals surface area contributed by atoms with Crippen molar-refractivity contribution in [2.45, 2.75) is 24.8 Å². The minimum Gasteiger partial charge on any atom is -0.495 e. The van der Waals surface area contributed by atoms with Gasteiger partial charge in [-0.05, 0) is 67.4 Å². The number of aryl methyl sites for hydroxylation is 1. The van der Waals surface area contributed by atoms with Gasteiger partial charge >= 0.3 is 0 Å². The van der Waals surface area contributed by atoms with Crippen LogP contribution in [0.25, 0.3) is 0 Å². The number of nitrogens with one attached hydrogen (secondary N) is 1. The molecule has 1 amide bonds. The molecule has 0 aliphatic heterocycles. The fourth-order valence-corrected chi connectivity index (χ4v) is 5.83. The summed E-state index contributed by atoms with van der Waals surface area (Å²) in [4.78, 5) is 13.0. The molecule has 1 N–H and O–H groups in total. The number of ether oxygens (including phenoxy) is 2. The summed E-state index contributed by atoms with van der Waals surface area (Å²) in [5.74, 6) is 0.0661. The molecule has 0 heterocycles. The average molecular weight is 582 g/mol. The van der Waals surface area contributed by atoms with Crippen molar-refractivity contribution in [2.75, 3.05) is 25.1 Å². The first-order chi connectivity index (χ1) is 16.6. The Labute approximate surface area is 219 Å². The fourth-order valence-electron chi connectivity index (χ4n) is 3.51. The number of anilines is 1. The lowest BCUT2D eigenvalue weighted by Crippen LogP contribution is -2.41. The van der Waals surface area contributed by atoms with Gasteiger partial charge in [-0.1, -0.05) is 45.7 Å². The number of amides is 1. The van der Waals surface area contributed by atoms with Crippen LogP contribution in [0.3, 0.4) is 0 Å². The molecule has 0 saturated carbocycles. The number of benzene rings is 3. The van der Waals surface area contributed by atoms with Gasteiger partial charge in [0.1, 0.15) is 22.9 Å². The molecule has 0 bridgehead atoms. The molecule has 0 fully saturated rings. The quantitative estimate of drug-likeness (QED) is 0.361. The van der Waals surface area contributed by atoms with Gasteiger partial charge in [-0.15, -0.1) is 0 Å². The van der Waals surface area contributed by atoms with Crippen LogP contribution in [0.5, 0.6) is 11.5 Å². The zero-order valence-electron chi connectivity index (χ0n) is 19.7. The van der Waals surface area contributed by atoms with Crippen molar-refractivity contribution >= 4 is 49.1 Å². The van der Waals surface area contributed by atoms with E-state index in [9.17, 15) is 13.2 Å². The van der Waals surface area contributed by atoms with E-state index in [4.69, 9.17) is 21.1 Å². The number of methoxy groups -OCH3 is 2. The molecule has 35 heavy (non-hydrogen) atoms. The van der Waals surface area contributed by atoms with E-state index in [2.05, 4.69) is 21.2 Å². The Bertz CT molecular complexity index is 1330. The van der Waals surface area contributed by atoms with Gasteiger partial charge in [-0.3, -0.25) is 9.10 Å². The lowest BCUT2D eigenvalue weighted by atomic mass is 10.1. The standard InChI is InChI=1S/C25H26BrClN2O5S/c1-16-8-10-23(34-4)24(12-16)35(31,32)29(20-9-11-22(33-3)21(27)14-20)15-25(30)28-17(2)18-6-5-7-19(26)13-18/h5-14,17H,15H2,1-4H3,(H,28,30)/t17-/m1/s1. The van der Waals surface area contributed by atoms with E-state index < -0.39 is 22.5 Å². The summed E-state index contributed by atoms with van der Waals surface area (Å²) in [6.45, 7) is 3.13. The van der Waals surface area contributed by atoms with E-state index in [1.165, 1.54) is 32.4 Å². The molecule has 0 aromatic heterocycles. The van der Waals surface area contributed by atoms with Crippen LogP contribution < -0.4 is 19.1 Å². The third kappa shape index (κ3) is 6.28. The maximum Gasteiger partial charge on any atom is 0.268 e. The van der Waals surface area contributed by atoms with E-state index in [1.54, 1.807) is 25.1 Å². The highest BCUT2D eigenvalue weighted by Crippen LogP contribution is 2.34. The summed E-state index contributed by atoms with van der Waals surface area (Å²) in [6.07, 6.45) is 0. The van der Waals surface area contributed by atoms with Gasteiger partial charge in [0.25, 0.3) is 10.0 Å². The van der Waals surface area contributed by atoms with Crippen LogP contribution in [-0.2, 0) is 14.8 Å². The molecule has 0 saturated heterocycles. The van der Waals surface area contributed by atoms with Crippen LogP contribution in [0.2, 0.25) is 5.02 Å². The van der Waals surface area contributed by atoms with Gasteiger partial charge in [-0.2, -0.15) is 0 Å². The molecule has 0 unspecified atom stereocenters. The van der Waals surface area contributed by atoms with E-state index in [1.807, 2.05) is 31.2 Å². The smallest absolute Gasteiger partial charge is 0.268 e. The zero-order chi connectivity index (χ0) is 25.8. The first-order valence-corrected chi connectivity index (χ1v) is 13.2. The second kappa shape index (κ2) is 11.3. The second-order valence-corrected chi connectivity index (χ2v) is 11.0. The molecule has 0 aliphatic carbocycles. The first kappa shape index (κ1) is 26.8. The molecule has 1 atom stereocenters. The molecule has 7 nitrogen and oxygen atoms in total. The highest BCUT2D eigenvalue weighted by molar-refractivity contribution is 9.10. The summed E-state index contributed by atoms with van der Waals surface area (Å²) < 4.78 is 40.1. The molecule has 0 aliphatic rings. The maximum absolute atomic E-state index is 13.9. The SMILES string of the molecule is COc1ccc(N(CC(=O)N[C@H](C)c2cccc(Br)c2)S(=O)(=O)c2cc(C)ccc2OC)cc1Cl. The van der Waals surface area contributed by atoms with Crippen molar-refractivity contribution in [3.8, 4) is 11.5 Å². The van der Waals surface area contributed by atoms with Crippen LogP contribution in [0.15, 0.2) is 70.0 Å². The monoisotopic (exact) mass is 580 g/mol. The molecule has 10 heteroatoms. The van der Waals surface area contributed by atoms with Crippen LogP contribution in [-0.4, -0.2) is 35.1 Å². The van der Waals surface area contributed by atoms with Crippen molar-refractivity contribution < 1.29 is 22.7 Å². The Hall–Kier alpha value is -2.75. The topological polar surface area (TPSA) is 84.9 Å². The lowest BCUT2D eigenvalue weighted by Gasteiger charge is -2.26. The summed E-state index contributed by atoms with van der Waals surface area (Å²) in [5.41, 5.74) is 1.81. The van der Waals surface area contributed by atoms with Gasteiger partial charge in [0, 0.05) is 4.47 Å². The largest absolute Gasteiger partial charge is 0.495 e. The zero-order valence-corrected chi connectivity index (χ0v) is 22.9. The number of carbonyl (C=O) groups excluding carboxylic acids is 1. The number of rotatable bonds is 9. The van der Waals surface area contributed by atoms with Crippen LogP contribution in [0.1, 0.15) is 24.1 Å². The molecule has 186 valence electrons. The third-order valence-electron chi connectivity index (χ3n) is 5.32. The van der Waals surface area contributed by atoms with Crippen molar-refractivity contribution in [3.05, 3.63) is 81.3 Å². The van der Waals surface area contributed by atoms with Crippen molar-refractivity contribution in [1.82, 2.24) is 5.32 Å². The summed E-state index contributed by atoms with van der Waals surface area (Å²) in [5, 5.41) is 3.08. The fraction of sp³-hybridized carbons (Fsp3) is 0.240. The molecular formula is C25H26BrClN2O5S. The van der Waals surface area contributed by atoms with E-state index in [0.717, 1.165) is 19.9 Å². The van der Waals surface area contributed by atoms with Crippen LogP contribution in [0.4, 0.5) is 5.69 Å². The lowest BCUT2D eigenvalue weighted by molar-refractivity contribution is -0.120. The summed E-state index contributed by atoms with van der Waals surface area (Å²) in [7, 11) is -1.36. The minimum absolute atomic E-state index is 0.0558. The van der Waals surface area contributed by atoms with Gasteiger partial charge in [0.05, 0.1) is 31.0 Å². The van der Waals surface area contributed by atoms with Gasteiger partial charge < -0.3 is 14.8 Å². The summed E-state index contributed by atoms with van der Waals surface area (Å²) in [6, 6.07) is 16.5. The van der Waals surface area contributed by atoms with Gasteiger partial charge in [-0.25, -0.2) is 8.42 Å². The molecule has 3 rings (SSSR count). The Kier molecular flexibility index (Phi) is 8.69. The van der Waals surface area contributed by atoms with Crippen molar-refractivity contribution in [2.24, 2.45) is 0 Å². The van der Waals surface area contributed by atoms with Crippen LogP contribution >= 0.6 is 27.5 Å². The van der Waals surface area contributed by atoms with E-state index in [-0.39, 0.29) is 27.4 Å². The number of sulfonamides is 1. The highest BCUT2D eigenvalue weighted by atomic mass is 79.9.